The van der Waals surface area contributed by atoms with Gasteiger partial charge in [-0.25, -0.2) is 13.4 Å². The van der Waals surface area contributed by atoms with E-state index in [0.717, 1.165) is 47.5 Å². The zero-order valence-electron chi connectivity index (χ0n) is 14.8. The summed E-state index contributed by atoms with van der Waals surface area (Å²) in [6.45, 7) is 4.34. The highest BCUT2D eigenvalue weighted by Crippen LogP contribution is 2.29. The van der Waals surface area contributed by atoms with Crippen molar-refractivity contribution < 1.29 is 18.1 Å². The van der Waals surface area contributed by atoms with Crippen molar-refractivity contribution in [1.29, 1.82) is 0 Å². The number of rotatable bonds is 6. The summed E-state index contributed by atoms with van der Waals surface area (Å²) in [5.41, 5.74) is 0.820. The molecule has 3 aromatic rings. The van der Waals surface area contributed by atoms with E-state index in [0.29, 0.717) is 6.54 Å². The molecule has 2 aromatic heterocycles. The van der Waals surface area contributed by atoms with Crippen LogP contribution in [-0.4, -0.2) is 34.0 Å². The largest absolute Gasteiger partial charge is 0.296 e. The van der Waals surface area contributed by atoms with E-state index in [2.05, 4.69) is 15.4 Å². The van der Waals surface area contributed by atoms with E-state index in [-0.39, 0.29) is 25.6 Å². The van der Waals surface area contributed by atoms with E-state index < -0.39 is 20.7 Å². The van der Waals surface area contributed by atoms with Gasteiger partial charge in [-0.15, -0.1) is 0 Å². The van der Waals surface area contributed by atoms with Crippen molar-refractivity contribution in [1.82, 2.24) is 14.8 Å². The van der Waals surface area contributed by atoms with Crippen LogP contribution in [-0.2, 0) is 16.4 Å². The molecule has 2 heterocycles. The van der Waals surface area contributed by atoms with Gasteiger partial charge in [0.2, 0.25) is 9.84 Å². The van der Waals surface area contributed by atoms with Crippen molar-refractivity contribution in [3.63, 3.8) is 0 Å². The fourth-order valence-corrected chi connectivity index (χ4v) is 4.83. The molecule has 0 aliphatic heterocycles. The van der Waals surface area contributed by atoms with E-state index in [1.807, 2.05) is 13.8 Å². The summed E-state index contributed by atoms with van der Waals surface area (Å²) in [6, 6.07) is 6.17. The fraction of sp³-hybridized carbons (Fsp3) is 0.188. The number of nitrogens with one attached hydrogen (secondary N) is 1. The molecule has 0 aliphatic rings. The van der Waals surface area contributed by atoms with Crippen LogP contribution < -0.4 is 5.32 Å². The van der Waals surface area contributed by atoms with Crippen LogP contribution in [0.3, 0.4) is 0 Å². The van der Waals surface area contributed by atoms with Gasteiger partial charge in [0.25, 0.3) is 11.6 Å². The first-order valence-electron chi connectivity index (χ1n) is 8.03. The topological polar surface area (TPSA) is 137 Å². The van der Waals surface area contributed by atoms with Crippen molar-refractivity contribution in [2.75, 3.05) is 5.32 Å². The van der Waals surface area contributed by atoms with Crippen LogP contribution in [0.25, 0.3) is 0 Å². The Morgan fingerprint density at radius 2 is 2.00 bits per heavy atom. The average Bonchev–Trinajstić information content (AvgIpc) is 3.28. The lowest BCUT2D eigenvalue weighted by molar-refractivity contribution is -0.384. The normalized spacial score (nSPS) is 11.4. The van der Waals surface area contributed by atoms with Gasteiger partial charge >= 0.3 is 0 Å². The Labute approximate surface area is 163 Å². The molecule has 1 N–H and O–H groups in total. The number of hydrogen-bond acceptors (Lipinski definition) is 8. The number of nitrogens with zero attached hydrogens (tertiary/aromatic N) is 4. The van der Waals surface area contributed by atoms with Gasteiger partial charge in [-0.1, -0.05) is 11.3 Å². The van der Waals surface area contributed by atoms with Gasteiger partial charge in [0.1, 0.15) is 4.21 Å². The lowest BCUT2D eigenvalue weighted by atomic mass is 10.3. The predicted molar refractivity (Wildman–Crippen MR) is 101 cm³/mol. The van der Waals surface area contributed by atoms with Gasteiger partial charge in [0.15, 0.2) is 10.8 Å². The molecule has 146 valence electrons. The SMILES string of the molecule is CCn1nc(C(=O)Nc2ncc(S(=O)(=O)c3ccc([N+](=O)[O-])cc3)s2)cc1C. The lowest BCUT2D eigenvalue weighted by Crippen LogP contribution is -2.13. The van der Waals surface area contributed by atoms with Crippen LogP contribution in [0.4, 0.5) is 10.8 Å². The number of aryl methyl sites for hydroxylation is 2. The van der Waals surface area contributed by atoms with Crippen LogP contribution in [0.15, 0.2) is 45.6 Å². The summed E-state index contributed by atoms with van der Waals surface area (Å²) < 4.78 is 26.9. The molecule has 0 spiro atoms. The second-order valence-electron chi connectivity index (χ2n) is 5.68. The number of sulfone groups is 1. The second-order valence-corrected chi connectivity index (χ2v) is 8.89. The number of benzene rings is 1. The number of nitro benzene ring substituents is 1. The van der Waals surface area contributed by atoms with Crippen LogP contribution >= 0.6 is 11.3 Å². The third kappa shape index (κ3) is 3.77. The van der Waals surface area contributed by atoms with Gasteiger partial charge in [0.05, 0.1) is 16.0 Å². The van der Waals surface area contributed by atoms with Crippen molar-refractivity contribution in [3.05, 3.63) is 58.0 Å². The van der Waals surface area contributed by atoms with Gasteiger partial charge in [-0.3, -0.25) is 24.9 Å². The maximum Gasteiger partial charge on any atom is 0.277 e. The summed E-state index contributed by atoms with van der Waals surface area (Å²) in [6.07, 6.45) is 1.13. The predicted octanol–water partition coefficient (Wildman–Crippen LogP) is 2.66. The van der Waals surface area contributed by atoms with Gasteiger partial charge in [-0.2, -0.15) is 5.10 Å². The quantitative estimate of drug-likeness (QED) is 0.477. The summed E-state index contributed by atoms with van der Waals surface area (Å²) >= 11 is 0.785. The molecule has 10 nitrogen and oxygen atoms in total. The number of carbonyl (C=O) groups is 1. The van der Waals surface area contributed by atoms with E-state index in [1.165, 1.54) is 0 Å². The Bertz CT molecular complexity index is 1150. The molecular formula is C16H15N5O5S2. The Morgan fingerprint density at radius 1 is 1.32 bits per heavy atom. The molecule has 12 heteroatoms. The van der Waals surface area contributed by atoms with Crippen LogP contribution in [0.5, 0.6) is 0 Å². The number of thiazole rings is 1. The summed E-state index contributed by atoms with van der Waals surface area (Å²) in [7, 11) is -3.91. The minimum atomic E-state index is -3.91. The minimum absolute atomic E-state index is 0.0908. The van der Waals surface area contributed by atoms with Gasteiger partial charge in [-0.05, 0) is 32.0 Å². The highest BCUT2D eigenvalue weighted by molar-refractivity contribution is 7.93. The van der Waals surface area contributed by atoms with E-state index >= 15 is 0 Å². The number of hydrogen-bond donors (Lipinski definition) is 1. The minimum Gasteiger partial charge on any atom is -0.296 e. The van der Waals surface area contributed by atoms with Crippen molar-refractivity contribution in [2.24, 2.45) is 0 Å². The molecular weight excluding hydrogens is 406 g/mol. The summed E-state index contributed by atoms with van der Waals surface area (Å²) in [5.74, 6) is -0.496. The lowest BCUT2D eigenvalue weighted by Gasteiger charge is -2.01. The third-order valence-corrected chi connectivity index (χ3v) is 6.98. The first kappa shape index (κ1) is 19.6. The molecule has 1 amide bonds. The maximum atomic E-state index is 12.6. The Morgan fingerprint density at radius 3 is 2.57 bits per heavy atom. The molecule has 0 radical (unpaired) electrons. The molecule has 0 aliphatic carbocycles. The number of amides is 1. The van der Waals surface area contributed by atoms with Crippen LogP contribution in [0.2, 0.25) is 0 Å². The summed E-state index contributed by atoms with van der Waals surface area (Å²) in [5, 5.41) is 17.5. The standard InChI is InChI=1S/C16H15N5O5S2/c1-3-20-10(2)8-13(19-20)15(22)18-16-17-9-14(27-16)28(25,26)12-6-4-11(5-7-12)21(23)24/h4-9H,3H2,1-2H3,(H,17,18,22). The zero-order chi connectivity index (χ0) is 20.5. The van der Waals surface area contributed by atoms with E-state index in [4.69, 9.17) is 0 Å². The first-order chi connectivity index (χ1) is 13.2. The maximum absolute atomic E-state index is 12.6. The van der Waals surface area contributed by atoms with Crippen LogP contribution in [0.1, 0.15) is 23.1 Å². The van der Waals surface area contributed by atoms with Crippen molar-refractivity contribution >= 4 is 37.9 Å². The Balaban J connectivity index is 1.80. The molecule has 3 rings (SSSR count). The first-order valence-corrected chi connectivity index (χ1v) is 10.3. The van der Waals surface area contributed by atoms with Crippen LogP contribution in [0, 0.1) is 17.0 Å². The molecule has 28 heavy (non-hydrogen) atoms. The number of aromatic nitrogens is 3. The van der Waals surface area contributed by atoms with E-state index in [1.54, 1.807) is 10.7 Å². The smallest absolute Gasteiger partial charge is 0.277 e. The molecule has 0 bridgehead atoms. The zero-order valence-corrected chi connectivity index (χ0v) is 16.5. The molecule has 0 fully saturated rings. The Hall–Kier alpha value is -3.12. The third-order valence-electron chi connectivity index (χ3n) is 3.84. The molecule has 1 aromatic carbocycles. The van der Waals surface area contributed by atoms with Gasteiger partial charge < -0.3 is 0 Å². The molecule has 0 unspecified atom stereocenters. The number of nitro groups is 1. The molecule has 0 saturated heterocycles. The van der Waals surface area contributed by atoms with E-state index in [9.17, 15) is 23.3 Å². The Kier molecular flexibility index (Phi) is 5.25. The van der Waals surface area contributed by atoms with Crippen molar-refractivity contribution in [2.45, 2.75) is 29.5 Å². The fourth-order valence-electron chi connectivity index (χ4n) is 2.41. The van der Waals surface area contributed by atoms with Crippen molar-refractivity contribution in [3.8, 4) is 0 Å². The monoisotopic (exact) mass is 421 g/mol. The number of non-ortho nitro benzene ring substituents is 1. The highest BCUT2D eigenvalue weighted by Gasteiger charge is 2.23. The number of anilines is 1. The second kappa shape index (κ2) is 7.48. The summed E-state index contributed by atoms with van der Waals surface area (Å²) in [4.78, 5) is 26.2. The average molecular weight is 421 g/mol. The number of carbonyl (C=O) groups excluding carboxylic acids is 1. The van der Waals surface area contributed by atoms with Gasteiger partial charge in [0, 0.05) is 24.4 Å². The highest BCUT2D eigenvalue weighted by atomic mass is 32.2. The molecule has 0 atom stereocenters. The molecule has 0 saturated carbocycles.